The summed E-state index contributed by atoms with van der Waals surface area (Å²) in [7, 11) is 0. The molecule has 108 valence electrons. The fraction of sp³-hybridized carbons (Fsp3) is 0.500. The minimum absolute atomic E-state index is 0.0449. The zero-order chi connectivity index (χ0) is 15.0. The molecule has 6 nitrogen and oxygen atoms in total. The molecule has 1 atom stereocenters. The summed E-state index contributed by atoms with van der Waals surface area (Å²) in [6.07, 6.45) is 1.50. The van der Waals surface area contributed by atoms with Gasteiger partial charge in [0, 0.05) is 12.5 Å². The summed E-state index contributed by atoms with van der Waals surface area (Å²) in [5.41, 5.74) is 0.552. The minimum atomic E-state index is -0.428. The molecule has 0 aliphatic heterocycles. The molecule has 1 N–H and O–H groups in total. The third-order valence-corrected chi connectivity index (χ3v) is 2.91. The van der Waals surface area contributed by atoms with Gasteiger partial charge >= 0.3 is 0 Å². The molecule has 0 aromatic heterocycles. The number of nitriles is 1. The third kappa shape index (κ3) is 4.52. The Hall–Kier alpha value is -2.13. The predicted octanol–water partition coefficient (Wildman–Crippen LogP) is 2.56. The average Bonchev–Trinajstić information content (AvgIpc) is 2.44. The maximum atomic E-state index is 10.8. The summed E-state index contributed by atoms with van der Waals surface area (Å²) in [6, 6.07) is 6.65. The highest BCUT2D eigenvalue weighted by molar-refractivity contribution is 5.48. The summed E-state index contributed by atoms with van der Waals surface area (Å²) in [5.74, 6) is 0.492. The van der Waals surface area contributed by atoms with Gasteiger partial charge < -0.3 is 10.1 Å². The topological polar surface area (TPSA) is 88.2 Å². The zero-order valence-corrected chi connectivity index (χ0v) is 11.8. The van der Waals surface area contributed by atoms with Gasteiger partial charge in [0.25, 0.3) is 5.69 Å². The second-order valence-electron chi connectivity index (χ2n) is 4.43. The summed E-state index contributed by atoms with van der Waals surface area (Å²) in [4.78, 5) is 10.4. The van der Waals surface area contributed by atoms with Gasteiger partial charge in [0.05, 0.1) is 29.2 Å². The summed E-state index contributed by atoms with van der Waals surface area (Å²) in [6.45, 7) is 4.82. The van der Waals surface area contributed by atoms with Crippen molar-refractivity contribution < 1.29 is 9.66 Å². The molecule has 1 rings (SSSR count). The molecular weight excluding hydrogens is 258 g/mol. The van der Waals surface area contributed by atoms with Gasteiger partial charge in [-0.05, 0) is 26.0 Å². The van der Waals surface area contributed by atoms with E-state index in [0.29, 0.717) is 24.3 Å². The first-order valence-corrected chi connectivity index (χ1v) is 6.60. The Morgan fingerprint density at radius 3 is 2.90 bits per heavy atom. The number of nitro groups is 1. The Morgan fingerprint density at radius 1 is 1.55 bits per heavy atom. The van der Waals surface area contributed by atoms with Gasteiger partial charge in [-0.15, -0.1) is 0 Å². The van der Waals surface area contributed by atoms with Gasteiger partial charge in [-0.2, -0.15) is 5.26 Å². The summed E-state index contributed by atoms with van der Waals surface area (Å²) in [5, 5.41) is 22.9. The van der Waals surface area contributed by atoms with Crippen LogP contribution in [0.5, 0.6) is 5.75 Å². The van der Waals surface area contributed by atoms with Crippen molar-refractivity contribution in [1.29, 1.82) is 5.26 Å². The first-order chi connectivity index (χ1) is 9.60. The molecule has 20 heavy (non-hydrogen) atoms. The summed E-state index contributed by atoms with van der Waals surface area (Å²) >= 11 is 0. The van der Waals surface area contributed by atoms with E-state index < -0.39 is 4.92 Å². The van der Waals surface area contributed by atoms with Gasteiger partial charge in [-0.25, -0.2) is 0 Å². The van der Waals surface area contributed by atoms with Crippen LogP contribution in [0.4, 0.5) is 5.69 Å². The van der Waals surface area contributed by atoms with Crippen LogP contribution in [0.1, 0.15) is 25.3 Å². The Bertz CT molecular complexity index is 497. The van der Waals surface area contributed by atoms with Crippen LogP contribution < -0.4 is 10.1 Å². The normalized spacial score (nSPS) is 11.7. The van der Waals surface area contributed by atoms with Gasteiger partial charge in [-0.1, -0.05) is 13.0 Å². The highest BCUT2D eigenvalue weighted by Crippen LogP contribution is 2.27. The van der Waals surface area contributed by atoms with Gasteiger partial charge in [-0.3, -0.25) is 10.1 Å². The van der Waals surface area contributed by atoms with Crippen molar-refractivity contribution in [3.05, 3.63) is 33.9 Å². The highest BCUT2D eigenvalue weighted by atomic mass is 16.6. The molecule has 0 heterocycles. The lowest BCUT2D eigenvalue weighted by Crippen LogP contribution is -2.29. The number of hydrogen-bond donors (Lipinski definition) is 1. The Kier molecular flexibility index (Phi) is 6.47. The quantitative estimate of drug-likeness (QED) is 0.582. The molecule has 1 aromatic carbocycles. The van der Waals surface area contributed by atoms with Crippen LogP contribution in [0.2, 0.25) is 0 Å². The maximum Gasteiger partial charge on any atom is 0.276 e. The molecule has 0 radical (unpaired) electrons. The Morgan fingerprint density at radius 2 is 2.30 bits per heavy atom. The van der Waals surface area contributed by atoms with E-state index in [1.54, 1.807) is 19.1 Å². The predicted molar refractivity (Wildman–Crippen MR) is 75.6 cm³/mol. The van der Waals surface area contributed by atoms with E-state index in [1.165, 1.54) is 6.07 Å². The first-order valence-electron chi connectivity index (χ1n) is 6.60. The van der Waals surface area contributed by atoms with Gasteiger partial charge in [0.1, 0.15) is 5.75 Å². The Labute approximate surface area is 118 Å². The molecule has 6 heteroatoms. The van der Waals surface area contributed by atoms with Crippen LogP contribution in [0.25, 0.3) is 0 Å². The molecule has 0 amide bonds. The van der Waals surface area contributed by atoms with Crippen molar-refractivity contribution >= 4 is 5.69 Å². The highest BCUT2D eigenvalue weighted by Gasteiger charge is 2.14. The molecule has 1 aromatic rings. The van der Waals surface area contributed by atoms with E-state index in [9.17, 15) is 10.1 Å². The molecule has 0 bridgehead atoms. The van der Waals surface area contributed by atoms with Crippen LogP contribution in [-0.2, 0) is 0 Å². The molecule has 0 spiro atoms. The second kappa shape index (κ2) is 8.12. The molecule has 0 fully saturated rings. The van der Waals surface area contributed by atoms with Crippen LogP contribution >= 0.6 is 0 Å². The van der Waals surface area contributed by atoms with Crippen molar-refractivity contribution in [2.75, 3.05) is 13.2 Å². The average molecular weight is 277 g/mol. The lowest BCUT2D eigenvalue weighted by atomic mass is 10.2. The fourth-order valence-electron chi connectivity index (χ4n) is 1.77. The van der Waals surface area contributed by atoms with Gasteiger partial charge in [0.15, 0.2) is 0 Å². The molecule has 0 aliphatic rings. The molecule has 0 saturated carbocycles. The maximum absolute atomic E-state index is 10.8. The smallest absolute Gasteiger partial charge is 0.276 e. The number of nitrogens with zero attached hydrogens (tertiary/aromatic N) is 2. The largest absolute Gasteiger partial charge is 0.493 e. The molecule has 0 saturated heterocycles. The number of rotatable bonds is 8. The lowest BCUT2D eigenvalue weighted by molar-refractivity contribution is -0.385. The molecule has 1 unspecified atom stereocenters. The van der Waals surface area contributed by atoms with Crippen LogP contribution in [0.3, 0.4) is 0 Å². The minimum Gasteiger partial charge on any atom is -0.493 e. The second-order valence-corrected chi connectivity index (χ2v) is 4.43. The van der Waals surface area contributed by atoms with Crippen molar-refractivity contribution in [2.24, 2.45) is 0 Å². The molecule has 0 aliphatic carbocycles. The van der Waals surface area contributed by atoms with Crippen molar-refractivity contribution in [3.8, 4) is 11.8 Å². The number of nitrogens with one attached hydrogen (secondary N) is 1. The fourth-order valence-corrected chi connectivity index (χ4v) is 1.77. The van der Waals surface area contributed by atoms with Crippen LogP contribution in [0, 0.1) is 28.4 Å². The van der Waals surface area contributed by atoms with Gasteiger partial charge in [0.2, 0.25) is 0 Å². The SMILES string of the molecule is CCCNC(C#N)CCOc1cccc([N+](=O)[O-])c1C. The monoisotopic (exact) mass is 277 g/mol. The van der Waals surface area contributed by atoms with Crippen molar-refractivity contribution in [2.45, 2.75) is 32.7 Å². The zero-order valence-electron chi connectivity index (χ0n) is 11.8. The van der Waals surface area contributed by atoms with E-state index in [-0.39, 0.29) is 11.7 Å². The molecular formula is C14H19N3O3. The van der Waals surface area contributed by atoms with E-state index in [1.807, 2.05) is 6.92 Å². The van der Waals surface area contributed by atoms with E-state index >= 15 is 0 Å². The standard InChI is InChI=1S/C14H19N3O3/c1-3-8-16-12(10-15)7-9-20-14-6-4-5-13(11(14)2)17(18)19/h4-6,12,16H,3,7-9H2,1-2H3. The van der Waals surface area contributed by atoms with Crippen molar-refractivity contribution in [3.63, 3.8) is 0 Å². The third-order valence-electron chi connectivity index (χ3n) is 2.91. The van der Waals surface area contributed by atoms with E-state index in [2.05, 4.69) is 11.4 Å². The van der Waals surface area contributed by atoms with Crippen LogP contribution in [-0.4, -0.2) is 24.1 Å². The van der Waals surface area contributed by atoms with E-state index in [0.717, 1.165) is 13.0 Å². The number of nitro benzene ring substituents is 1. The number of ether oxygens (including phenoxy) is 1. The van der Waals surface area contributed by atoms with E-state index in [4.69, 9.17) is 10.00 Å². The van der Waals surface area contributed by atoms with Crippen molar-refractivity contribution in [1.82, 2.24) is 5.32 Å². The lowest BCUT2D eigenvalue weighted by Gasteiger charge is -2.12. The summed E-state index contributed by atoms with van der Waals surface area (Å²) < 4.78 is 5.54. The number of benzene rings is 1. The first kappa shape index (κ1) is 15.9. The number of hydrogen-bond acceptors (Lipinski definition) is 5. The van der Waals surface area contributed by atoms with Crippen LogP contribution in [0.15, 0.2) is 18.2 Å². The Balaban J connectivity index is 2.56.